The Morgan fingerprint density at radius 1 is 1.27 bits per heavy atom. The summed E-state index contributed by atoms with van der Waals surface area (Å²) in [5, 5.41) is 6.53. The molecule has 7 nitrogen and oxygen atoms in total. The third-order valence-electron chi connectivity index (χ3n) is 4.37. The van der Waals surface area contributed by atoms with Gasteiger partial charge in [-0.05, 0) is 48.7 Å². The molecule has 0 radical (unpaired) electrons. The number of nitrogens with one attached hydrogen (secondary N) is 2. The molecule has 1 aromatic carbocycles. The Bertz CT molecular complexity index is 786. The standard InChI is InChI=1S/C21H27FN4O3.HI/c1-23-21(25-9-2-11-28-19-8-12-27-15-19)26-14-16-7-10-24-20(13-16)29-18-5-3-17(22)4-6-18;/h3-7,10,13,19H,2,8-9,11-12,14-15H2,1H3,(H2,23,25,26);1H. The number of aliphatic imine (C=N–C) groups is 1. The fourth-order valence-electron chi connectivity index (χ4n) is 2.82. The molecule has 0 aliphatic carbocycles. The van der Waals surface area contributed by atoms with Crippen LogP contribution in [-0.2, 0) is 16.0 Å². The summed E-state index contributed by atoms with van der Waals surface area (Å²) >= 11 is 0. The molecule has 1 atom stereocenters. The van der Waals surface area contributed by atoms with E-state index in [1.165, 1.54) is 12.1 Å². The number of halogens is 2. The van der Waals surface area contributed by atoms with Gasteiger partial charge in [0.25, 0.3) is 0 Å². The fraction of sp³-hybridized carbons (Fsp3) is 0.429. The first kappa shape index (κ1) is 24.3. The molecule has 0 bridgehead atoms. The minimum Gasteiger partial charge on any atom is -0.439 e. The largest absolute Gasteiger partial charge is 0.439 e. The van der Waals surface area contributed by atoms with E-state index in [0.29, 0.717) is 37.3 Å². The molecular formula is C21H28FIN4O3. The number of guanidine groups is 1. The molecule has 0 amide bonds. The monoisotopic (exact) mass is 530 g/mol. The number of nitrogens with zero attached hydrogens (tertiary/aromatic N) is 2. The Kier molecular flexibility index (Phi) is 10.8. The smallest absolute Gasteiger partial charge is 0.219 e. The van der Waals surface area contributed by atoms with E-state index >= 15 is 0 Å². The van der Waals surface area contributed by atoms with Crippen molar-refractivity contribution in [1.82, 2.24) is 15.6 Å². The molecule has 0 saturated carbocycles. The third-order valence-corrected chi connectivity index (χ3v) is 4.37. The number of hydrogen-bond acceptors (Lipinski definition) is 5. The van der Waals surface area contributed by atoms with Gasteiger partial charge in [-0.25, -0.2) is 9.37 Å². The fourth-order valence-corrected chi connectivity index (χ4v) is 2.82. The Morgan fingerprint density at radius 2 is 2.10 bits per heavy atom. The Balaban J connectivity index is 0.00000320. The molecule has 1 aliphatic rings. The van der Waals surface area contributed by atoms with Crippen molar-refractivity contribution in [3.8, 4) is 11.6 Å². The summed E-state index contributed by atoms with van der Waals surface area (Å²) < 4.78 is 29.7. The minimum atomic E-state index is -0.304. The van der Waals surface area contributed by atoms with Crippen LogP contribution in [0.15, 0.2) is 47.6 Å². The van der Waals surface area contributed by atoms with Gasteiger partial charge in [-0.2, -0.15) is 0 Å². The van der Waals surface area contributed by atoms with E-state index in [9.17, 15) is 4.39 Å². The number of ether oxygens (including phenoxy) is 3. The predicted octanol–water partition coefficient (Wildman–Crippen LogP) is 3.49. The van der Waals surface area contributed by atoms with E-state index in [1.54, 1.807) is 25.4 Å². The zero-order valence-electron chi connectivity index (χ0n) is 17.0. The van der Waals surface area contributed by atoms with Gasteiger partial charge >= 0.3 is 0 Å². The molecule has 0 spiro atoms. The van der Waals surface area contributed by atoms with Crippen molar-refractivity contribution in [3.05, 3.63) is 54.0 Å². The first-order valence-corrected chi connectivity index (χ1v) is 9.75. The minimum absolute atomic E-state index is 0. The summed E-state index contributed by atoms with van der Waals surface area (Å²) in [7, 11) is 1.73. The molecule has 30 heavy (non-hydrogen) atoms. The SMILES string of the molecule is CN=C(NCCCOC1CCOC1)NCc1ccnc(Oc2ccc(F)cc2)c1.I. The van der Waals surface area contributed by atoms with Crippen molar-refractivity contribution >= 4 is 29.9 Å². The van der Waals surface area contributed by atoms with Crippen LogP contribution in [-0.4, -0.2) is 50.5 Å². The van der Waals surface area contributed by atoms with Gasteiger partial charge < -0.3 is 24.8 Å². The van der Waals surface area contributed by atoms with Crippen molar-refractivity contribution in [2.45, 2.75) is 25.5 Å². The number of rotatable bonds is 9. The molecule has 1 unspecified atom stereocenters. The van der Waals surface area contributed by atoms with Gasteiger partial charge in [-0.15, -0.1) is 24.0 Å². The van der Waals surface area contributed by atoms with Crippen LogP contribution in [0.3, 0.4) is 0 Å². The van der Waals surface area contributed by atoms with Gasteiger partial charge in [0.1, 0.15) is 11.6 Å². The number of hydrogen-bond donors (Lipinski definition) is 2. The van der Waals surface area contributed by atoms with Crippen molar-refractivity contribution < 1.29 is 18.6 Å². The lowest BCUT2D eigenvalue weighted by Gasteiger charge is -2.13. The topological polar surface area (TPSA) is 77.0 Å². The van der Waals surface area contributed by atoms with Crippen LogP contribution in [0.4, 0.5) is 4.39 Å². The normalized spacial score (nSPS) is 16.1. The first-order valence-electron chi connectivity index (χ1n) is 9.75. The molecule has 1 aromatic heterocycles. The Hall–Kier alpha value is -1.98. The van der Waals surface area contributed by atoms with E-state index < -0.39 is 0 Å². The Labute approximate surface area is 193 Å². The first-order chi connectivity index (χ1) is 14.2. The highest BCUT2D eigenvalue weighted by Gasteiger charge is 2.15. The maximum atomic E-state index is 13.0. The van der Waals surface area contributed by atoms with Gasteiger partial charge in [0.2, 0.25) is 5.88 Å². The van der Waals surface area contributed by atoms with Crippen molar-refractivity contribution in [3.63, 3.8) is 0 Å². The zero-order valence-corrected chi connectivity index (χ0v) is 19.3. The van der Waals surface area contributed by atoms with Gasteiger partial charge in [-0.3, -0.25) is 4.99 Å². The van der Waals surface area contributed by atoms with E-state index in [1.807, 2.05) is 12.1 Å². The molecule has 1 fully saturated rings. The summed E-state index contributed by atoms with van der Waals surface area (Å²) in [5.74, 6) is 1.40. The highest BCUT2D eigenvalue weighted by atomic mass is 127. The second kappa shape index (κ2) is 13.3. The maximum absolute atomic E-state index is 13.0. The Morgan fingerprint density at radius 3 is 2.83 bits per heavy atom. The van der Waals surface area contributed by atoms with Crippen LogP contribution in [0.5, 0.6) is 11.6 Å². The lowest BCUT2D eigenvalue weighted by molar-refractivity contribution is 0.0420. The summed E-state index contributed by atoms with van der Waals surface area (Å²) in [6, 6.07) is 9.57. The summed E-state index contributed by atoms with van der Waals surface area (Å²) in [6.45, 7) is 3.54. The second-order valence-electron chi connectivity index (χ2n) is 6.62. The van der Waals surface area contributed by atoms with E-state index in [2.05, 4.69) is 20.6 Å². The van der Waals surface area contributed by atoms with Crippen LogP contribution in [0.1, 0.15) is 18.4 Å². The molecule has 2 N–H and O–H groups in total. The second-order valence-corrected chi connectivity index (χ2v) is 6.62. The van der Waals surface area contributed by atoms with Crippen LogP contribution in [0.25, 0.3) is 0 Å². The van der Waals surface area contributed by atoms with Crippen LogP contribution in [0, 0.1) is 5.82 Å². The summed E-state index contributed by atoms with van der Waals surface area (Å²) in [5.41, 5.74) is 0.990. The van der Waals surface area contributed by atoms with Gasteiger partial charge in [0.05, 0.1) is 12.7 Å². The van der Waals surface area contributed by atoms with Gasteiger partial charge in [0, 0.05) is 45.6 Å². The van der Waals surface area contributed by atoms with Crippen LogP contribution in [0.2, 0.25) is 0 Å². The highest BCUT2D eigenvalue weighted by Crippen LogP contribution is 2.20. The average molecular weight is 530 g/mol. The molecule has 1 aliphatic heterocycles. The average Bonchev–Trinajstić information content (AvgIpc) is 3.25. The predicted molar refractivity (Wildman–Crippen MR) is 124 cm³/mol. The molecule has 9 heteroatoms. The molecular weight excluding hydrogens is 502 g/mol. The highest BCUT2D eigenvalue weighted by molar-refractivity contribution is 14.0. The van der Waals surface area contributed by atoms with Crippen molar-refractivity contribution in [2.24, 2.45) is 4.99 Å². The molecule has 2 aromatic rings. The number of pyridine rings is 1. The summed E-state index contributed by atoms with van der Waals surface area (Å²) in [6.07, 6.45) is 3.79. The third kappa shape index (κ3) is 8.41. The van der Waals surface area contributed by atoms with Crippen LogP contribution < -0.4 is 15.4 Å². The van der Waals surface area contributed by atoms with E-state index in [4.69, 9.17) is 14.2 Å². The van der Waals surface area contributed by atoms with E-state index in [0.717, 1.165) is 31.6 Å². The van der Waals surface area contributed by atoms with Crippen LogP contribution >= 0.6 is 24.0 Å². The van der Waals surface area contributed by atoms with E-state index in [-0.39, 0.29) is 35.9 Å². The molecule has 2 heterocycles. The van der Waals surface area contributed by atoms with Gasteiger partial charge in [-0.1, -0.05) is 0 Å². The molecule has 164 valence electrons. The quantitative estimate of drug-likeness (QED) is 0.224. The lowest BCUT2D eigenvalue weighted by atomic mass is 10.2. The number of aromatic nitrogens is 1. The van der Waals surface area contributed by atoms with Crippen molar-refractivity contribution in [1.29, 1.82) is 0 Å². The summed E-state index contributed by atoms with van der Waals surface area (Å²) in [4.78, 5) is 8.42. The maximum Gasteiger partial charge on any atom is 0.219 e. The zero-order chi connectivity index (χ0) is 20.3. The lowest BCUT2D eigenvalue weighted by Crippen LogP contribution is -2.37. The number of benzene rings is 1. The van der Waals surface area contributed by atoms with Crippen molar-refractivity contribution in [2.75, 3.05) is 33.4 Å². The molecule has 1 saturated heterocycles. The van der Waals surface area contributed by atoms with Gasteiger partial charge in [0.15, 0.2) is 5.96 Å². The molecule has 3 rings (SSSR count).